The largest absolute Gasteiger partial charge is 0.449 e. The van der Waals surface area contributed by atoms with Gasteiger partial charge in [-0.05, 0) is 6.26 Å². The first-order chi connectivity index (χ1) is 6.27. The molecule has 7 heteroatoms. The molecular formula is C7H7F3O3S. The van der Waals surface area contributed by atoms with Crippen LogP contribution < -0.4 is 0 Å². The first-order valence-corrected chi connectivity index (χ1v) is 4.55. The van der Waals surface area contributed by atoms with E-state index in [-0.39, 0.29) is 6.08 Å². The fraction of sp³-hybridized carbons (Fsp3) is 0.429. The van der Waals surface area contributed by atoms with Crippen LogP contribution in [-0.4, -0.2) is 23.5 Å². The van der Waals surface area contributed by atoms with Gasteiger partial charge in [0.1, 0.15) is 0 Å². The van der Waals surface area contributed by atoms with Crippen molar-refractivity contribution < 1.29 is 27.5 Å². The van der Waals surface area contributed by atoms with Crippen molar-refractivity contribution in [2.75, 3.05) is 6.26 Å². The number of hydrogen-bond acceptors (Lipinski definition) is 4. The van der Waals surface area contributed by atoms with Crippen LogP contribution in [0.2, 0.25) is 0 Å². The molecule has 0 saturated carbocycles. The van der Waals surface area contributed by atoms with Crippen molar-refractivity contribution in [3.63, 3.8) is 0 Å². The molecule has 80 valence electrons. The predicted molar refractivity (Wildman–Crippen MR) is 44.4 cm³/mol. The number of allylic oxidation sites excluding steroid dienone is 1. The number of rotatable bonds is 2. The Morgan fingerprint density at radius 3 is 2.14 bits per heavy atom. The molecule has 0 spiro atoms. The molecule has 0 aliphatic carbocycles. The Bertz CT molecular complexity index is 270. The zero-order valence-electron chi connectivity index (χ0n) is 7.34. The van der Waals surface area contributed by atoms with Gasteiger partial charge in [0.15, 0.2) is 0 Å². The second-order valence-electron chi connectivity index (χ2n) is 2.12. The van der Waals surface area contributed by atoms with Crippen LogP contribution in [0.15, 0.2) is 11.8 Å². The normalized spacial score (nSPS) is 12.5. The Hall–Kier alpha value is -0.980. The monoisotopic (exact) mass is 228 g/mol. The lowest BCUT2D eigenvalue weighted by molar-refractivity contribution is -0.158. The summed E-state index contributed by atoms with van der Waals surface area (Å²) in [6.45, 7) is 0.823. The molecule has 0 aliphatic heterocycles. The van der Waals surface area contributed by atoms with Gasteiger partial charge in [0.05, 0.1) is 0 Å². The van der Waals surface area contributed by atoms with E-state index >= 15 is 0 Å². The quantitative estimate of drug-likeness (QED) is 0.411. The average molecular weight is 228 g/mol. The van der Waals surface area contributed by atoms with Crippen LogP contribution >= 0.6 is 11.8 Å². The molecule has 0 fully saturated rings. The third kappa shape index (κ3) is 4.90. The van der Waals surface area contributed by atoms with Crippen molar-refractivity contribution in [1.29, 1.82) is 0 Å². The minimum Gasteiger partial charge on any atom is -0.421 e. The van der Waals surface area contributed by atoms with Crippen LogP contribution in [0.5, 0.6) is 0 Å². The Kier molecular flexibility index (Phi) is 4.69. The lowest BCUT2D eigenvalue weighted by Gasteiger charge is -2.09. The molecule has 0 heterocycles. The zero-order valence-corrected chi connectivity index (χ0v) is 8.16. The molecule has 0 rings (SSSR count). The van der Waals surface area contributed by atoms with Crippen molar-refractivity contribution in [2.45, 2.75) is 13.1 Å². The third-order valence-corrected chi connectivity index (χ3v) is 1.50. The second kappa shape index (κ2) is 5.04. The van der Waals surface area contributed by atoms with Gasteiger partial charge in [-0.1, -0.05) is 11.8 Å². The predicted octanol–water partition coefficient (Wildman–Crippen LogP) is 1.89. The van der Waals surface area contributed by atoms with Gasteiger partial charge >= 0.3 is 12.1 Å². The highest BCUT2D eigenvalue weighted by Crippen LogP contribution is 2.27. The molecule has 0 aromatic carbocycles. The highest BCUT2D eigenvalue weighted by molar-refractivity contribution is 8.13. The van der Waals surface area contributed by atoms with E-state index in [9.17, 15) is 22.8 Å². The van der Waals surface area contributed by atoms with Gasteiger partial charge in [-0.2, -0.15) is 13.2 Å². The van der Waals surface area contributed by atoms with Crippen molar-refractivity contribution in [3.8, 4) is 0 Å². The van der Waals surface area contributed by atoms with E-state index in [1.54, 1.807) is 0 Å². The van der Waals surface area contributed by atoms with Gasteiger partial charge in [-0.25, -0.2) is 0 Å². The average Bonchev–Trinajstić information content (AvgIpc) is 2.00. The van der Waals surface area contributed by atoms with Gasteiger partial charge in [0.2, 0.25) is 10.9 Å². The maximum Gasteiger partial charge on any atom is 0.449 e. The summed E-state index contributed by atoms with van der Waals surface area (Å²) in [6, 6.07) is 0. The maximum atomic E-state index is 12.1. The molecular weight excluding hydrogens is 221 g/mol. The SMILES string of the molecule is CSC(=O)/C=C(\OC(C)=O)C(F)(F)F. The Labute approximate surface area is 82.3 Å². The summed E-state index contributed by atoms with van der Waals surface area (Å²) in [7, 11) is 0. The first-order valence-electron chi connectivity index (χ1n) is 3.32. The molecule has 3 nitrogen and oxygen atoms in total. The fourth-order valence-corrected chi connectivity index (χ4v) is 0.715. The van der Waals surface area contributed by atoms with Crippen molar-refractivity contribution in [3.05, 3.63) is 11.8 Å². The van der Waals surface area contributed by atoms with E-state index in [1.807, 2.05) is 0 Å². The first kappa shape index (κ1) is 13.0. The van der Waals surface area contributed by atoms with Crippen LogP contribution in [-0.2, 0) is 14.3 Å². The summed E-state index contributed by atoms with van der Waals surface area (Å²) in [5, 5.41) is -0.835. The van der Waals surface area contributed by atoms with E-state index in [0.717, 1.165) is 6.92 Å². The van der Waals surface area contributed by atoms with Crippen LogP contribution in [0.25, 0.3) is 0 Å². The van der Waals surface area contributed by atoms with E-state index in [2.05, 4.69) is 4.74 Å². The van der Waals surface area contributed by atoms with E-state index in [4.69, 9.17) is 0 Å². The van der Waals surface area contributed by atoms with Crippen LogP contribution in [0.1, 0.15) is 6.92 Å². The number of thioether (sulfide) groups is 1. The number of esters is 1. The standard InChI is InChI=1S/C7H7F3O3S/c1-4(11)13-5(7(8,9)10)3-6(12)14-2/h3H,1-2H3/b5-3-. The smallest absolute Gasteiger partial charge is 0.421 e. The Morgan fingerprint density at radius 2 is 1.86 bits per heavy atom. The molecule has 0 bridgehead atoms. The van der Waals surface area contributed by atoms with Gasteiger partial charge in [0, 0.05) is 13.0 Å². The Balaban J connectivity index is 4.82. The summed E-state index contributed by atoms with van der Waals surface area (Å²) in [5.74, 6) is -2.72. The molecule has 0 unspecified atom stereocenters. The maximum absolute atomic E-state index is 12.1. The summed E-state index contributed by atoms with van der Waals surface area (Å²) in [5.41, 5.74) is 0. The van der Waals surface area contributed by atoms with Gasteiger partial charge < -0.3 is 4.74 Å². The second-order valence-corrected chi connectivity index (χ2v) is 2.93. The molecule has 14 heavy (non-hydrogen) atoms. The Morgan fingerprint density at radius 1 is 1.36 bits per heavy atom. The zero-order chi connectivity index (χ0) is 11.4. The number of hydrogen-bond donors (Lipinski definition) is 0. The summed E-state index contributed by atoms with van der Waals surface area (Å²) in [4.78, 5) is 20.9. The molecule has 0 amide bonds. The van der Waals surface area contributed by atoms with E-state index in [0.29, 0.717) is 11.8 Å². The molecule has 0 N–H and O–H groups in total. The molecule has 0 saturated heterocycles. The van der Waals surface area contributed by atoms with Gasteiger partial charge in [-0.15, -0.1) is 0 Å². The molecule has 0 atom stereocenters. The lowest BCUT2D eigenvalue weighted by atomic mass is 10.4. The fourth-order valence-electron chi connectivity index (χ4n) is 0.490. The van der Waals surface area contributed by atoms with Crippen LogP contribution in [0.3, 0.4) is 0 Å². The van der Waals surface area contributed by atoms with Crippen molar-refractivity contribution in [2.24, 2.45) is 0 Å². The van der Waals surface area contributed by atoms with Crippen LogP contribution in [0, 0.1) is 0 Å². The van der Waals surface area contributed by atoms with E-state index in [1.165, 1.54) is 6.26 Å². The molecule has 0 aliphatic rings. The van der Waals surface area contributed by atoms with Gasteiger partial charge in [-0.3, -0.25) is 9.59 Å². The highest BCUT2D eigenvalue weighted by Gasteiger charge is 2.37. The van der Waals surface area contributed by atoms with Crippen molar-refractivity contribution in [1.82, 2.24) is 0 Å². The number of alkyl halides is 3. The number of halogens is 3. The topological polar surface area (TPSA) is 43.4 Å². The van der Waals surface area contributed by atoms with E-state index < -0.39 is 23.0 Å². The summed E-state index contributed by atoms with van der Waals surface area (Å²) >= 11 is 0.590. The molecule has 0 aromatic rings. The van der Waals surface area contributed by atoms with Crippen LogP contribution in [0.4, 0.5) is 13.2 Å². The number of carbonyl (C=O) groups is 2. The third-order valence-electron chi connectivity index (χ3n) is 0.983. The number of ether oxygens (including phenoxy) is 1. The summed E-state index contributed by atoms with van der Waals surface area (Å²) in [6.07, 6.45) is -3.27. The minimum atomic E-state index is -4.84. The highest BCUT2D eigenvalue weighted by atomic mass is 32.2. The lowest BCUT2D eigenvalue weighted by Crippen LogP contribution is -2.18. The van der Waals surface area contributed by atoms with Crippen molar-refractivity contribution >= 4 is 22.8 Å². The summed E-state index contributed by atoms with van der Waals surface area (Å²) < 4.78 is 40.1. The number of carbonyl (C=O) groups excluding carboxylic acids is 2. The molecule has 0 aromatic heterocycles. The minimum absolute atomic E-state index is 0.242. The van der Waals surface area contributed by atoms with Gasteiger partial charge in [0.25, 0.3) is 0 Å². The molecule has 0 radical (unpaired) electrons.